The van der Waals surface area contributed by atoms with Crippen LogP contribution in [0, 0.1) is 0 Å². The highest BCUT2D eigenvalue weighted by Crippen LogP contribution is 2.30. The van der Waals surface area contributed by atoms with E-state index in [0.29, 0.717) is 23.6 Å². The van der Waals surface area contributed by atoms with Gasteiger partial charge in [0.2, 0.25) is 5.91 Å². The van der Waals surface area contributed by atoms with Crippen molar-refractivity contribution >= 4 is 23.4 Å². The second kappa shape index (κ2) is 6.32. The number of carbonyl (C=O) groups is 2. The molecular formula is C16H20ClN5O2. The summed E-state index contributed by atoms with van der Waals surface area (Å²) >= 11 is 5.96. The first-order chi connectivity index (χ1) is 11.4. The van der Waals surface area contributed by atoms with Gasteiger partial charge in [0.25, 0.3) is 5.91 Å². The molecule has 0 radical (unpaired) electrons. The Morgan fingerprint density at radius 1 is 1.33 bits per heavy atom. The molecule has 2 amide bonds. The van der Waals surface area contributed by atoms with Gasteiger partial charge in [0.05, 0.1) is 35.3 Å². The van der Waals surface area contributed by atoms with Gasteiger partial charge in [-0.05, 0) is 12.5 Å². The maximum atomic E-state index is 12.6. The maximum Gasteiger partial charge on any atom is 0.268 e. The molecule has 1 aliphatic rings. The molecule has 1 aliphatic heterocycles. The Balaban J connectivity index is 1.87. The van der Waals surface area contributed by atoms with E-state index in [1.54, 1.807) is 48.3 Å². The molecule has 0 aliphatic carbocycles. The summed E-state index contributed by atoms with van der Waals surface area (Å²) < 4.78 is 3.56. The Hall–Kier alpha value is -2.28. The SMILES string of the molecule is CN1C(=O)CC[C@@H](NC(=O)c2cc(Cl)cn2C)[C@@H]1c1cncn1C. The number of piperidine rings is 1. The number of imidazole rings is 1. The number of likely N-dealkylation sites (tertiary alicyclic amines) is 1. The molecule has 0 bridgehead atoms. The maximum absolute atomic E-state index is 12.6. The number of nitrogens with zero attached hydrogens (tertiary/aromatic N) is 4. The van der Waals surface area contributed by atoms with Gasteiger partial charge in [-0.3, -0.25) is 9.59 Å². The summed E-state index contributed by atoms with van der Waals surface area (Å²) in [6, 6.07) is 1.19. The number of likely N-dealkylation sites (N-methyl/N-ethyl adjacent to an activating group) is 1. The number of amides is 2. The predicted molar refractivity (Wildman–Crippen MR) is 89.6 cm³/mol. The fourth-order valence-corrected chi connectivity index (χ4v) is 3.49. The van der Waals surface area contributed by atoms with Gasteiger partial charge in [-0.15, -0.1) is 0 Å². The Morgan fingerprint density at radius 3 is 2.67 bits per heavy atom. The lowest BCUT2D eigenvalue weighted by Crippen LogP contribution is -2.51. The van der Waals surface area contributed by atoms with E-state index in [2.05, 4.69) is 10.3 Å². The number of hydrogen-bond donors (Lipinski definition) is 1. The highest BCUT2D eigenvalue weighted by molar-refractivity contribution is 6.31. The summed E-state index contributed by atoms with van der Waals surface area (Å²) in [6.45, 7) is 0. The van der Waals surface area contributed by atoms with E-state index in [0.717, 1.165) is 5.69 Å². The van der Waals surface area contributed by atoms with Crippen LogP contribution in [0.15, 0.2) is 24.8 Å². The van der Waals surface area contributed by atoms with E-state index in [-0.39, 0.29) is 23.9 Å². The number of halogens is 1. The van der Waals surface area contributed by atoms with E-state index in [1.807, 2.05) is 11.6 Å². The lowest BCUT2D eigenvalue weighted by Gasteiger charge is -2.39. The van der Waals surface area contributed by atoms with Gasteiger partial charge in [-0.1, -0.05) is 11.6 Å². The highest BCUT2D eigenvalue weighted by atomic mass is 35.5. The lowest BCUT2D eigenvalue weighted by atomic mass is 9.93. The van der Waals surface area contributed by atoms with E-state index in [1.165, 1.54) is 0 Å². The minimum atomic E-state index is -0.251. The van der Waals surface area contributed by atoms with Crippen LogP contribution in [-0.2, 0) is 18.9 Å². The van der Waals surface area contributed by atoms with Crippen LogP contribution < -0.4 is 5.32 Å². The van der Waals surface area contributed by atoms with Crippen LogP contribution in [0.25, 0.3) is 0 Å². The summed E-state index contributed by atoms with van der Waals surface area (Å²) in [4.78, 5) is 30.6. The van der Waals surface area contributed by atoms with Gasteiger partial charge in [0.15, 0.2) is 0 Å². The van der Waals surface area contributed by atoms with Gasteiger partial charge < -0.3 is 19.4 Å². The van der Waals surface area contributed by atoms with Gasteiger partial charge in [-0.25, -0.2) is 4.98 Å². The number of aryl methyl sites for hydroxylation is 2. The molecule has 7 nitrogen and oxygen atoms in total. The Kier molecular flexibility index (Phi) is 4.36. The quantitative estimate of drug-likeness (QED) is 0.912. The zero-order valence-corrected chi connectivity index (χ0v) is 14.6. The molecule has 8 heteroatoms. The fourth-order valence-electron chi connectivity index (χ4n) is 3.24. The first kappa shape index (κ1) is 16.6. The van der Waals surface area contributed by atoms with Crippen LogP contribution >= 0.6 is 11.6 Å². The summed E-state index contributed by atoms with van der Waals surface area (Å²) in [5.41, 5.74) is 1.38. The van der Waals surface area contributed by atoms with Crippen molar-refractivity contribution in [1.82, 2.24) is 24.3 Å². The number of aromatic nitrogens is 3. The topological polar surface area (TPSA) is 72.2 Å². The molecule has 1 N–H and O–H groups in total. The standard InChI is InChI=1S/C16H20ClN5O2/c1-20-8-10(17)6-12(20)16(24)19-11-4-5-14(23)22(3)15(11)13-7-18-9-21(13)2/h6-9,11,15H,4-5H2,1-3H3,(H,19,24)/t11-,15-/m1/s1. The summed E-state index contributed by atoms with van der Waals surface area (Å²) in [5, 5.41) is 3.57. The zero-order chi connectivity index (χ0) is 17.4. The summed E-state index contributed by atoms with van der Waals surface area (Å²) in [7, 11) is 5.42. The second-order valence-electron chi connectivity index (χ2n) is 6.15. The van der Waals surface area contributed by atoms with Crippen LogP contribution in [0.1, 0.15) is 35.1 Å². The minimum Gasteiger partial charge on any atom is -0.346 e. The molecule has 128 valence electrons. The molecule has 2 atom stereocenters. The third kappa shape index (κ3) is 2.91. The molecule has 3 rings (SSSR count). The zero-order valence-electron chi connectivity index (χ0n) is 13.9. The van der Waals surface area contributed by atoms with Crippen LogP contribution in [0.5, 0.6) is 0 Å². The van der Waals surface area contributed by atoms with Crippen molar-refractivity contribution in [2.24, 2.45) is 14.1 Å². The molecule has 0 unspecified atom stereocenters. The van der Waals surface area contributed by atoms with E-state index in [4.69, 9.17) is 11.6 Å². The predicted octanol–water partition coefficient (Wildman–Crippen LogP) is 1.50. The highest BCUT2D eigenvalue weighted by Gasteiger charge is 2.37. The molecule has 1 saturated heterocycles. The van der Waals surface area contributed by atoms with Crippen molar-refractivity contribution in [3.8, 4) is 0 Å². The third-order valence-electron chi connectivity index (χ3n) is 4.54. The molecule has 2 aromatic rings. The largest absolute Gasteiger partial charge is 0.346 e. The molecule has 0 aromatic carbocycles. The molecule has 2 aromatic heterocycles. The van der Waals surface area contributed by atoms with Crippen LogP contribution in [-0.4, -0.2) is 43.9 Å². The van der Waals surface area contributed by atoms with Gasteiger partial charge in [0, 0.05) is 33.8 Å². The van der Waals surface area contributed by atoms with Crippen molar-refractivity contribution in [2.45, 2.75) is 24.9 Å². The average molecular weight is 350 g/mol. The first-order valence-corrected chi connectivity index (χ1v) is 8.11. The van der Waals surface area contributed by atoms with Crippen LogP contribution in [0.4, 0.5) is 0 Å². The van der Waals surface area contributed by atoms with Crippen molar-refractivity contribution in [3.05, 3.63) is 41.2 Å². The number of rotatable bonds is 3. The van der Waals surface area contributed by atoms with Gasteiger partial charge in [-0.2, -0.15) is 0 Å². The Bertz CT molecular complexity index is 781. The van der Waals surface area contributed by atoms with Crippen molar-refractivity contribution in [2.75, 3.05) is 7.05 Å². The van der Waals surface area contributed by atoms with E-state index < -0.39 is 0 Å². The molecule has 24 heavy (non-hydrogen) atoms. The Morgan fingerprint density at radius 2 is 2.08 bits per heavy atom. The molecule has 3 heterocycles. The number of hydrogen-bond acceptors (Lipinski definition) is 3. The van der Waals surface area contributed by atoms with Crippen LogP contribution in [0.3, 0.4) is 0 Å². The summed E-state index contributed by atoms with van der Waals surface area (Å²) in [5.74, 6) is -0.141. The normalized spacial score (nSPS) is 21.2. The number of carbonyl (C=O) groups excluding carboxylic acids is 2. The Labute approximate surface area is 145 Å². The molecule has 0 spiro atoms. The second-order valence-corrected chi connectivity index (χ2v) is 6.59. The van der Waals surface area contributed by atoms with Gasteiger partial charge in [0.1, 0.15) is 5.69 Å². The summed E-state index contributed by atoms with van der Waals surface area (Å²) in [6.07, 6.45) is 6.11. The smallest absolute Gasteiger partial charge is 0.268 e. The molecular weight excluding hydrogens is 330 g/mol. The molecule has 0 saturated carbocycles. The van der Waals surface area contributed by atoms with Crippen LogP contribution in [0.2, 0.25) is 5.02 Å². The number of nitrogens with one attached hydrogen (secondary N) is 1. The monoisotopic (exact) mass is 349 g/mol. The van der Waals surface area contributed by atoms with Crippen molar-refractivity contribution < 1.29 is 9.59 Å². The average Bonchev–Trinajstić information content (AvgIpc) is 3.09. The third-order valence-corrected chi connectivity index (χ3v) is 4.75. The van der Waals surface area contributed by atoms with Crippen molar-refractivity contribution in [1.29, 1.82) is 0 Å². The first-order valence-electron chi connectivity index (χ1n) is 7.73. The molecule has 1 fully saturated rings. The lowest BCUT2D eigenvalue weighted by molar-refractivity contribution is -0.136. The van der Waals surface area contributed by atoms with E-state index >= 15 is 0 Å². The minimum absolute atomic E-state index is 0.0635. The van der Waals surface area contributed by atoms with E-state index in [9.17, 15) is 9.59 Å². The van der Waals surface area contributed by atoms with Gasteiger partial charge >= 0.3 is 0 Å². The fraction of sp³-hybridized carbons (Fsp3) is 0.438. The van der Waals surface area contributed by atoms with Crippen molar-refractivity contribution in [3.63, 3.8) is 0 Å².